The molecule has 0 bridgehead atoms. The Labute approximate surface area is 106 Å². The normalized spacial score (nSPS) is 9.31. The summed E-state index contributed by atoms with van der Waals surface area (Å²) in [4.78, 5) is 0. The van der Waals surface area contributed by atoms with Gasteiger partial charge in [0.2, 0.25) is 0 Å². The van der Waals surface area contributed by atoms with E-state index in [1.54, 1.807) is 12.1 Å². The summed E-state index contributed by atoms with van der Waals surface area (Å²) in [5.74, 6) is 0. The molecule has 0 aliphatic heterocycles. The van der Waals surface area contributed by atoms with Gasteiger partial charge in [-0.1, -0.05) is 54.1 Å². The number of hydrogen-bond acceptors (Lipinski definition) is 1. The molecule has 0 fully saturated rings. The van der Waals surface area contributed by atoms with Crippen molar-refractivity contribution >= 4 is 29.7 Å². The molecule has 0 radical (unpaired) electrons. The van der Waals surface area contributed by atoms with Crippen LogP contribution in [0.15, 0.2) is 54.6 Å². The van der Waals surface area contributed by atoms with E-state index in [9.17, 15) is 0 Å². The maximum absolute atomic E-state index is 8.00. The molecule has 0 heterocycles. The minimum atomic E-state index is 0. The predicted molar refractivity (Wildman–Crippen MR) is 71.1 cm³/mol. The summed E-state index contributed by atoms with van der Waals surface area (Å²) in [5.41, 5.74) is 2.32. The Morgan fingerprint density at radius 3 is 1.88 bits per heavy atom. The number of halogens is 2. The molecule has 0 aliphatic rings. The fraction of sp³-hybridized carbons (Fsp3) is 0. The van der Waals surface area contributed by atoms with Crippen molar-refractivity contribution in [2.75, 3.05) is 0 Å². The van der Waals surface area contributed by atoms with Crippen LogP contribution in [-0.2, 0) is 0 Å². The zero-order valence-corrected chi connectivity index (χ0v) is 10.1. The molecule has 0 amide bonds. The van der Waals surface area contributed by atoms with Gasteiger partial charge in [-0.15, -0.1) is 12.4 Å². The molecule has 3 heteroatoms. The third-order valence-corrected chi connectivity index (χ3v) is 2.45. The van der Waals surface area contributed by atoms with Gasteiger partial charge in [0.1, 0.15) is 0 Å². The number of benzene rings is 2. The van der Waals surface area contributed by atoms with Crippen LogP contribution in [0.4, 0.5) is 0 Å². The van der Waals surface area contributed by atoms with Crippen molar-refractivity contribution < 1.29 is 0 Å². The van der Waals surface area contributed by atoms with Crippen molar-refractivity contribution in [3.8, 4) is 0 Å². The highest BCUT2D eigenvalue weighted by Crippen LogP contribution is 2.13. The number of nitrogens with one attached hydrogen (secondary N) is 1. The van der Waals surface area contributed by atoms with Crippen molar-refractivity contribution in [3.05, 3.63) is 70.7 Å². The molecule has 2 aromatic carbocycles. The summed E-state index contributed by atoms with van der Waals surface area (Å²) in [6.45, 7) is 0. The third-order valence-electron chi connectivity index (χ3n) is 2.20. The van der Waals surface area contributed by atoms with E-state index in [4.69, 9.17) is 17.0 Å². The lowest BCUT2D eigenvalue weighted by Gasteiger charge is -2.03. The fourth-order valence-corrected chi connectivity index (χ4v) is 1.51. The van der Waals surface area contributed by atoms with E-state index in [-0.39, 0.29) is 12.4 Å². The Hall–Kier alpha value is -1.31. The Morgan fingerprint density at radius 2 is 1.31 bits per heavy atom. The lowest BCUT2D eigenvalue weighted by molar-refractivity contribution is 1.46. The van der Waals surface area contributed by atoms with Crippen molar-refractivity contribution in [2.45, 2.75) is 0 Å². The third kappa shape index (κ3) is 2.84. The molecule has 0 spiro atoms. The van der Waals surface area contributed by atoms with Gasteiger partial charge in [-0.2, -0.15) is 0 Å². The van der Waals surface area contributed by atoms with E-state index in [1.165, 1.54) is 0 Å². The molecule has 16 heavy (non-hydrogen) atoms. The molecular formula is C13H11Cl2N. The Balaban J connectivity index is 0.00000128. The fourth-order valence-electron chi connectivity index (χ4n) is 1.39. The molecule has 0 atom stereocenters. The van der Waals surface area contributed by atoms with Crippen molar-refractivity contribution in [1.82, 2.24) is 0 Å². The summed E-state index contributed by atoms with van der Waals surface area (Å²) in [5, 5.41) is 8.69. The van der Waals surface area contributed by atoms with Gasteiger partial charge in [0.05, 0.1) is 5.71 Å². The second kappa shape index (κ2) is 5.69. The standard InChI is InChI=1S/C13H10ClN.ClH/c14-12-8-6-11(7-9-12)13(15)10-4-2-1-3-5-10;/h1-9,15H;1H. The van der Waals surface area contributed by atoms with Gasteiger partial charge in [-0.25, -0.2) is 0 Å². The van der Waals surface area contributed by atoms with Gasteiger partial charge < -0.3 is 0 Å². The molecule has 0 unspecified atom stereocenters. The van der Waals surface area contributed by atoms with E-state index in [0.29, 0.717) is 10.7 Å². The quantitative estimate of drug-likeness (QED) is 0.775. The molecule has 2 rings (SSSR count). The molecule has 82 valence electrons. The topological polar surface area (TPSA) is 23.9 Å². The monoisotopic (exact) mass is 251 g/mol. The second-order valence-corrected chi connectivity index (χ2v) is 3.68. The minimum Gasteiger partial charge on any atom is -0.300 e. The van der Waals surface area contributed by atoms with Gasteiger partial charge in [0.25, 0.3) is 0 Å². The van der Waals surface area contributed by atoms with Crippen LogP contribution in [0.1, 0.15) is 11.1 Å². The van der Waals surface area contributed by atoms with Crippen molar-refractivity contribution in [3.63, 3.8) is 0 Å². The van der Waals surface area contributed by atoms with Crippen LogP contribution < -0.4 is 0 Å². The Bertz CT molecular complexity index is 463. The average Bonchev–Trinajstić information content (AvgIpc) is 2.30. The highest BCUT2D eigenvalue weighted by molar-refractivity contribution is 6.30. The van der Waals surface area contributed by atoms with Crippen LogP contribution in [0.25, 0.3) is 0 Å². The second-order valence-electron chi connectivity index (χ2n) is 3.25. The molecule has 1 N–H and O–H groups in total. The molecule has 0 saturated carbocycles. The summed E-state index contributed by atoms with van der Waals surface area (Å²) in [7, 11) is 0. The van der Waals surface area contributed by atoms with E-state index in [0.717, 1.165) is 11.1 Å². The van der Waals surface area contributed by atoms with Gasteiger partial charge in [-0.05, 0) is 17.7 Å². The summed E-state index contributed by atoms with van der Waals surface area (Å²) in [6.07, 6.45) is 0. The largest absolute Gasteiger partial charge is 0.300 e. The van der Waals surface area contributed by atoms with E-state index in [1.807, 2.05) is 42.5 Å². The molecule has 2 aromatic rings. The summed E-state index contributed by atoms with van der Waals surface area (Å²) in [6, 6.07) is 17.0. The first kappa shape index (κ1) is 12.8. The lowest BCUT2D eigenvalue weighted by atomic mass is 10.0. The van der Waals surface area contributed by atoms with Crippen LogP contribution in [0.5, 0.6) is 0 Å². The van der Waals surface area contributed by atoms with Crippen LogP contribution in [-0.4, -0.2) is 5.71 Å². The van der Waals surface area contributed by atoms with Gasteiger partial charge >= 0.3 is 0 Å². The zero-order valence-electron chi connectivity index (χ0n) is 8.48. The average molecular weight is 252 g/mol. The molecule has 0 aromatic heterocycles. The Kier molecular flexibility index (Phi) is 4.53. The van der Waals surface area contributed by atoms with Crippen LogP contribution in [0.2, 0.25) is 5.02 Å². The van der Waals surface area contributed by atoms with Crippen molar-refractivity contribution in [1.29, 1.82) is 5.41 Å². The van der Waals surface area contributed by atoms with E-state index >= 15 is 0 Å². The minimum absolute atomic E-state index is 0. The predicted octanol–water partition coefficient (Wildman–Crippen LogP) is 4.18. The van der Waals surface area contributed by atoms with Gasteiger partial charge in [0, 0.05) is 10.6 Å². The first-order chi connectivity index (χ1) is 7.27. The molecular weight excluding hydrogens is 241 g/mol. The Morgan fingerprint density at radius 1 is 0.812 bits per heavy atom. The highest BCUT2D eigenvalue weighted by atomic mass is 35.5. The van der Waals surface area contributed by atoms with Crippen LogP contribution >= 0.6 is 24.0 Å². The maximum Gasteiger partial charge on any atom is 0.0684 e. The molecule has 0 saturated heterocycles. The van der Waals surface area contributed by atoms with Crippen molar-refractivity contribution in [2.24, 2.45) is 0 Å². The number of rotatable bonds is 2. The first-order valence-corrected chi connectivity index (χ1v) is 5.05. The zero-order chi connectivity index (χ0) is 10.7. The van der Waals surface area contributed by atoms with Crippen LogP contribution in [0, 0.1) is 5.41 Å². The summed E-state index contributed by atoms with van der Waals surface area (Å²) >= 11 is 5.79. The maximum atomic E-state index is 8.00. The smallest absolute Gasteiger partial charge is 0.0684 e. The van der Waals surface area contributed by atoms with E-state index < -0.39 is 0 Å². The van der Waals surface area contributed by atoms with Gasteiger partial charge in [0.15, 0.2) is 0 Å². The SMILES string of the molecule is Cl.N=C(c1ccccc1)c1ccc(Cl)cc1. The van der Waals surface area contributed by atoms with E-state index in [2.05, 4.69) is 0 Å². The molecule has 0 aliphatic carbocycles. The summed E-state index contributed by atoms with van der Waals surface area (Å²) < 4.78 is 0. The highest BCUT2D eigenvalue weighted by Gasteiger charge is 2.02. The van der Waals surface area contributed by atoms with Crippen LogP contribution in [0.3, 0.4) is 0 Å². The number of hydrogen-bond donors (Lipinski definition) is 1. The van der Waals surface area contributed by atoms with Gasteiger partial charge in [-0.3, -0.25) is 5.41 Å². The first-order valence-electron chi connectivity index (χ1n) is 4.67. The molecule has 1 nitrogen and oxygen atoms in total. The lowest BCUT2D eigenvalue weighted by Crippen LogP contribution is -2.00.